The number of rotatable bonds is 7. The first kappa shape index (κ1) is 21.9. The Kier molecular flexibility index (Phi) is 6.47. The predicted molar refractivity (Wildman–Crippen MR) is 128 cm³/mol. The van der Waals surface area contributed by atoms with E-state index in [4.69, 9.17) is 21.3 Å². The van der Waals surface area contributed by atoms with Crippen molar-refractivity contribution in [2.45, 2.75) is 33.4 Å². The van der Waals surface area contributed by atoms with E-state index in [-0.39, 0.29) is 11.9 Å². The summed E-state index contributed by atoms with van der Waals surface area (Å²) >= 11 is 5.95. The maximum atomic E-state index is 12.9. The average Bonchev–Trinajstić information content (AvgIpc) is 3.14. The van der Waals surface area contributed by atoms with Gasteiger partial charge in [0.2, 0.25) is 0 Å². The lowest BCUT2D eigenvalue weighted by atomic mass is 10.0. The van der Waals surface area contributed by atoms with Crippen LogP contribution in [0.5, 0.6) is 5.75 Å². The second kappa shape index (κ2) is 9.45. The molecule has 1 atom stereocenters. The van der Waals surface area contributed by atoms with Crippen LogP contribution in [-0.4, -0.2) is 22.1 Å². The Morgan fingerprint density at radius 2 is 1.84 bits per heavy atom. The van der Waals surface area contributed by atoms with Gasteiger partial charge in [0, 0.05) is 10.6 Å². The summed E-state index contributed by atoms with van der Waals surface area (Å²) in [6, 6.07) is 20.8. The fourth-order valence-electron chi connectivity index (χ4n) is 3.85. The second-order valence-corrected chi connectivity index (χ2v) is 8.36. The van der Waals surface area contributed by atoms with E-state index in [0.29, 0.717) is 23.7 Å². The minimum Gasteiger partial charge on any atom is -0.492 e. The number of aryl methyl sites for hydroxylation is 2. The molecule has 1 unspecified atom stereocenters. The smallest absolute Gasteiger partial charge is 0.252 e. The van der Waals surface area contributed by atoms with Gasteiger partial charge in [-0.05, 0) is 68.8 Å². The molecule has 6 heteroatoms. The van der Waals surface area contributed by atoms with Gasteiger partial charge >= 0.3 is 0 Å². The molecular weight excluding hydrogens is 422 g/mol. The zero-order valence-electron chi connectivity index (χ0n) is 18.4. The molecule has 0 fully saturated rings. The number of para-hydroxylation sites is 2. The van der Waals surface area contributed by atoms with E-state index in [0.717, 1.165) is 33.7 Å². The van der Waals surface area contributed by atoms with Crippen molar-refractivity contribution in [3.05, 3.63) is 94.3 Å². The number of fused-ring (bicyclic) bond motifs is 1. The van der Waals surface area contributed by atoms with Crippen molar-refractivity contribution in [2.75, 3.05) is 6.61 Å². The normalized spacial score (nSPS) is 12.0. The number of benzene rings is 3. The zero-order valence-corrected chi connectivity index (χ0v) is 19.2. The third-order valence-corrected chi connectivity index (χ3v) is 5.69. The van der Waals surface area contributed by atoms with E-state index >= 15 is 0 Å². The Morgan fingerprint density at radius 3 is 2.59 bits per heavy atom. The summed E-state index contributed by atoms with van der Waals surface area (Å²) < 4.78 is 8.01. The molecule has 1 amide bonds. The summed E-state index contributed by atoms with van der Waals surface area (Å²) in [5.41, 5.74) is 4.67. The van der Waals surface area contributed by atoms with Gasteiger partial charge in [-0.15, -0.1) is 0 Å². The average molecular weight is 448 g/mol. The lowest BCUT2D eigenvalue weighted by molar-refractivity contribution is 0.0937. The van der Waals surface area contributed by atoms with Crippen molar-refractivity contribution in [1.82, 2.24) is 14.9 Å². The molecular formula is C26H26ClN3O2. The Hall–Kier alpha value is -3.31. The van der Waals surface area contributed by atoms with Crippen molar-refractivity contribution >= 4 is 28.5 Å². The van der Waals surface area contributed by atoms with Crippen molar-refractivity contribution in [3.63, 3.8) is 0 Å². The molecule has 1 N–H and O–H groups in total. The van der Waals surface area contributed by atoms with Gasteiger partial charge < -0.3 is 14.6 Å². The monoisotopic (exact) mass is 447 g/mol. The summed E-state index contributed by atoms with van der Waals surface area (Å²) in [6.45, 7) is 7.00. The van der Waals surface area contributed by atoms with Gasteiger partial charge in [-0.2, -0.15) is 0 Å². The minimum absolute atomic E-state index is 0.106. The van der Waals surface area contributed by atoms with Crippen LogP contribution >= 0.6 is 11.6 Å². The Labute approximate surface area is 193 Å². The molecule has 0 bridgehead atoms. The molecule has 0 saturated carbocycles. The number of nitrogens with zero attached hydrogens (tertiary/aromatic N) is 2. The van der Waals surface area contributed by atoms with Crippen LogP contribution in [0.4, 0.5) is 0 Å². The van der Waals surface area contributed by atoms with Gasteiger partial charge in [-0.1, -0.05) is 41.4 Å². The number of imidazole rings is 1. The number of aromatic nitrogens is 2. The van der Waals surface area contributed by atoms with Gasteiger partial charge in [0.1, 0.15) is 18.2 Å². The van der Waals surface area contributed by atoms with E-state index in [1.807, 2.05) is 75.4 Å². The third-order valence-electron chi connectivity index (χ3n) is 5.44. The number of nitrogens with one attached hydrogen (secondary N) is 1. The number of carbonyl (C=O) groups is 1. The van der Waals surface area contributed by atoms with Crippen LogP contribution in [-0.2, 0) is 6.54 Å². The SMILES string of the molecule is Cc1ccc(C(=O)NC(C)c2nc3ccccc3n2CCOc2ccc(Cl)cc2)c(C)c1. The van der Waals surface area contributed by atoms with Crippen molar-refractivity contribution in [2.24, 2.45) is 0 Å². The number of hydrogen-bond acceptors (Lipinski definition) is 3. The molecule has 32 heavy (non-hydrogen) atoms. The Morgan fingerprint density at radius 1 is 1.09 bits per heavy atom. The van der Waals surface area contributed by atoms with Crippen LogP contribution in [0.1, 0.15) is 40.3 Å². The first-order valence-corrected chi connectivity index (χ1v) is 11.0. The molecule has 4 aromatic rings. The largest absolute Gasteiger partial charge is 0.492 e. The molecule has 0 aliphatic carbocycles. The highest BCUT2D eigenvalue weighted by Gasteiger charge is 2.20. The van der Waals surface area contributed by atoms with Crippen LogP contribution in [0.2, 0.25) is 5.02 Å². The molecule has 164 valence electrons. The lowest BCUT2D eigenvalue weighted by Crippen LogP contribution is -2.29. The topological polar surface area (TPSA) is 56.2 Å². The first-order valence-electron chi connectivity index (χ1n) is 10.6. The lowest BCUT2D eigenvalue weighted by Gasteiger charge is -2.17. The molecule has 0 saturated heterocycles. The van der Waals surface area contributed by atoms with Gasteiger partial charge in [0.15, 0.2) is 0 Å². The predicted octanol–water partition coefficient (Wildman–Crippen LogP) is 5.88. The van der Waals surface area contributed by atoms with Crippen LogP contribution in [0.15, 0.2) is 66.7 Å². The number of amides is 1. The fourth-order valence-corrected chi connectivity index (χ4v) is 3.98. The van der Waals surface area contributed by atoms with Gasteiger partial charge in [0.05, 0.1) is 23.6 Å². The maximum absolute atomic E-state index is 12.9. The Bertz CT molecular complexity index is 1250. The van der Waals surface area contributed by atoms with Crippen molar-refractivity contribution in [1.29, 1.82) is 0 Å². The second-order valence-electron chi connectivity index (χ2n) is 7.93. The standard InChI is InChI=1S/C26H26ClN3O2/c1-17-8-13-22(18(2)16-17)26(31)28-19(3)25-29-23-6-4-5-7-24(23)30(25)14-15-32-21-11-9-20(27)10-12-21/h4-13,16,19H,14-15H2,1-3H3,(H,28,31). The molecule has 0 radical (unpaired) electrons. The van der Waals surface area contributed by atoms with E-state index in [1.54, 1.807) is 12.1 Å². The highest BCUT2D eigenvalue weighted by molar-refractivity contribution is 6.30. The fraction of sp³-hybridized carbons (Fsp3) is 0.231. The van der Waals surface area contributed by atoms with Gasteiger partial charge in [-0.25, -0.2) is 4.98 Å². The number of ether oxygens (including phenoxy) is 1. The minimum atomic E-state index is -0.272. The number of halogens is 1. The van der Waals surface area contributed by atoms with Crippen LogP contribution < -0.4 is 10.1 Å². The van der Waals surface area contributed by atoms with Gasteiger partial charge in [-0.3, -0.25) is 4.79 Å². The highest BCUT2D eigenvalue weighted by Crippen LogP contribution is 2.22. The number of carbonyl (C=O) groups excluding carboxylic acids is 1. The molecule has 1 heterocycles. The van der Waals surface area contributed by atoms with Crippen molar-refractivity contribution in [3.8, 4) is 5.75 Å². The zero-order chi connectivity index (χ0) is 22.7. The number of hydrogen-bond donors (Lipinski definition) is 1. The Balaban J connectivity index is 1.54. The van der Waals surface area contributed by atoms with Crippen LogP contribution in [0.25, 0.3) is 11.0 Å². The summed E-state index contributed by atoms with van der Waals surface area (Å²) in [6.07, 6.45) is 0. The molecule has 0 aliphatic rings. The summed E-state index contributed by atoms with van der Waals surface area (Å²) in [5.74, 6) is 1.45. The van der Waals surface area contributed by atoms with Crippen LogP contribution in [0, 0.1) is 13.8 Å². The molecule has 0 spiro atoms. The van der Waals surface area contributed by atoms with E-state index in [9.17, 15) is 4.79 Å². The summed E-state index contributed by atoms with van der Waals surface area (Å²) in [7, 11) is 0. The molecule has 4 rings (SSSR count). The molecule has 5 nitrogen and oxygen atoms in total. The van der Waals surface area contributed by atoms with E-state index in [1.165, 1.54) is 0 Å². The van der Waals surface area contributed by atoms with Crippen molar-refractivity contribution < 1.29 is 9.53 Å². The first-order chi connectivity index (χ1) is 15.4. The molecule has 1 aromatic heterocycles. The highest BCUT2D eigenvalue weighted by atomic mass is 35.5. The third kappa shape index (κ3) is 4.78. The summed E-state index contributed by atoms with van der Waals surface area (Å²) in [5, 5.41) is 3.79. The summed E-state index contributed by atoms with van der Waals surface area (Å²) in [4.78, 5) is 17.7. The maximum Gasteiger partial charge on any atom is 0.252 e. The van der Waals surface area contributed by atoms with Gasteiger partial charge in [0.25, 0.3) is 5.91 Å². The molecule has 0 aliphatic heterocycles. The molecule has 3 aromatic carbocycles. The quantitative estimate of drug-likeness (QED) is 0.385. The van der Waals surface area contributed by atoms with Crippen LogP contribution in [0.3, 0.4) is 0 Å². The van der Waals surface area contributed by atoms with E-state index in [2.05, 4.69) is 9.88 Å². The van der Waals surface area contributed by atoms with E-state index < -0.39 is 0 Å².